The maximum absolute atomic E-state index is 12.2. The van der Waals surface area contributed by atoms with Crippen LogP contribution in [0.2, 0.25) is 0 Å². The van der Waals surface area contributed by atoms with Gasteiger partial charge in [0.05, 0.1) is 6.10 Å². The molecule has 1 aliphatic rings. The predicted molar refractivity (Wildman–Crippen MR) is 82.0 cm³/mol. The summed E-state index contributed by atoms with van der Waals surface area (Å²) in [5.74, 6) is 0. The summed E-state index contributed by atoms with van der Waals surface area (Å²) >= 11 is 0. The third-order valence-electron chi connectivity index (χ3n) is 3.63. The van der Waals surface area contributed by atoms with Crippen molar-refractivity contribution in [3.8, 4) is 0 Å². The van der Waals surface area contributed by atoms with Crippen LogP contribution in [-0.4, -0.2) is 41.7 Å². The van der Waals surface area contributed by atoms with E-state index in [-0.39, 0.29) is 12.1 Å². The molecule has 1 saturated heterocycles. The minimum atomic E-state index is -0.00531. The molecule has 0 bridgehead atoms. The molecule has 1 aromatic rings. The number of urea groups is 1. The highest BCUT2D eigenvalue weighted by atomic mass is 16.5. The first-order valence-electron chi connectivity index (χ1n) is 7.75. The lowest BCUT2D eigenvalue weighted by molar-refractivity contribution is 0.0100. The smallest absolute Gasteiger partial charge is 0.317 e. The van der Waals surface area contributed by atoms with E-state index in [0.29, 0.717) is 13.1 Å². The lowest BCUT2D eigenvalue weighted by atomic mass is 10.1. The second-order valence-electron chi connectivity index (χ2n) is 5.55. The van der Waals surface area contributed by atoms with Gasteiger partial charge in [0.25, 0.3) is 0 Å². The Hall–Kier alpha value is -1.62. The van der Waals surface area contributed by atoms with Crippen molar-refractivity contribution >= 4 is 6.03 Å². The highest BCUT2D eigenvalue weighted by molar-refractivity contribution is 5.74. The first-order valence-corrected chi connectivity index (χ1v) is 7.75. The van der Waals surface area contributed by atoms with E-state index in [1.165, 1.54) is 0 Å². The summed E-state index contributed by atoms with van der Waals surface area (Å²) in [6, 6.07) is 3.91. The van der Waals surface area contributed by atoms with E-state index in [2.05, 4.69) is 17.2 Å². The topological polar surface area (TPSA) is 54.5 Å². The molecule has 0 aromatic carbocycles. The van der Waals surface area contributed by atoms with Crippen LogP contribution in [0.4, 0.5) is 4.79 Å². The molecule has 5 heteroatoms. The Labute approximate surface area is 126 Å². The maximum atomic E-state index is 12.2. The Balaban J connectivity index is 1.79. The summed E-state index contributed by atoms with van der Waals surface area (Å²) in [6.45, 7) is 6.87. The number of rotatable bonds is 5. The van der Waals surface area contributed by atoms with Crippen molar-refractivity contribution < 1.29 is 9.53 Å². The number of amides is 2. The Morgan fingerprint density at radius 2 is 2.43 bits per heavy atom. The Morgan fingerprint density at radius 1 is 1.57 bits per heavy atom. The van der Waals surface area contributed by atoms with E-state index in [1.807, 2.05) is 24.0 Å². The predicted octanol–water partition coefficient (Wildman–Crippen LogP) is 2.49. The number of nitrogens with zero attached hydrogens (tertiary/aromatic N) is 2. The molecular formula is C16H25N3O2. The quantitative estimate of drug-likeness (QED) is 0.907. The normalized spacial score (nSPS) is 18.6. The van der Waals surface area contributed by atoms with Crippen LogP contribution in [0, 0.1) is 6.92 Å². The van der Waals surface area contributed by atoms with Gasteiger partial charge in [0.15, 0.2) is 0 Å². The van der Waals surface area contributed by atoms with Gasteiger partial charge in [-0.1, -0.05) is 6.92 Å². The van der Waals surface area contributed by atoms with Crippen molar-refractivity contribution in [1.29, 1.82) is 0 Å². The molecular weight excluding hydrogens is 266 g/mol. The number of nitrogens with one attached hydrogen (secondary N) is 1. The van der Waals surface area contributed by atoms with E-state index in [1.54, 1.807) is 6.20 Å². The molecule has 116 valence electrons. The largest absolute Gasteiger partial charge is 0.376 e. The van der Waals surface area contributed by atoms with Crippen LogP contribution in [0.5, 0.6) is 0 Å². The minimum Gasteiger partial charge on any atom is -0.376 e. The SMILES string of the molecule is CCCOC1CCCN(C(=O)NCc2ccnc(C)c2)C1. The third-order valence-corrected chi connectivity index (χ3v) is 3.63. The molecule has 2 heterocycles. The van der Waals surface area contributed by atoms with Crippen LogP contribution >= 0.6 is 0 Å². The number of carbonyl (C=O) groups excluding carboxylic acids is 1. The zero-order valence-corrected chi connectivity index (χ0v) is 13.0. The molecule has 1 aliphatic heterocycles. The highest BCUT2D eigenvalue weighted by Gasteiger charge is 2.23. The molecule has 1 N–H and O–H groups in total. The zero-order valence-electron chi connectivity index (χ0n) is 13.0. The van der Waals surface area contributed by atoms with Crippen molar-refractivity contribution in [1.82, 2.24) is 15.2 Å². The molecule has 1 unspecified atom stereocenters. The van der Waals surface area contributed by atoms with Gasteiger partial charge < -0.3 is 15.0 Å². The van der Waals surface area contributed by atoms with E-state index >= 15 is 0 Å². The standard InChI is InChI=1S/C16H25N3O2/c1-3-9-21-15-5-4-8-19(12-15)16(20)18-11-14-6-7-17-13(2)10-14/h6-7,10,15H,3-5,8-9,11-12H2,1-2H3,(H,18,20). The number of piperidine rings is 1. The van der Waals surface area contributed by atoms with Gasteiger partial charge in [0, 0.05) is 38.1 Å². The van der Waals surface area contributed by atoms with Gasteiger partial charge in [-0.3, -0.25) is 4.98 Å². The fourth-order valence-corrected chi connectivity index (χ4v) is 2.55. The van der Waals surface area contributed by atoms with Gasteiger partial charge >= 0.3 is 6.03 Å². The molecule has 1 fully saturated rings. The van der Waals surface area contributed by atoms with Crippen molar-refractivity contribution in [3.05, 3.63) is 29.6 Å². The minimum absolute atomic E-state index is 0.00531. The van der Waals surface area contributed by atoms with E-state index in [4.69, 9.17) is 4.74 Å². The summed E-state index contributed by atoms with van der Waals surface area (Å²) in [5, 5.41) is 2.98. The summed E-state index contributed by atoms with van der Waals surface area (Å²) in [5.41, 5.74) is 2.04. The first-order chi connectivity index (χ1) is 10.2. The fraction of sp³-hybridized carbons (Fsp3) is 0.625. The molecule has 2 rings (SSSR count). The van der Waals surface area contributed by atoms with E-state index in [0.717, 1.165) is 43.7 Å². The Kier molecular flexibility index (Phi) is 5.99. The Bertz CT molecular complexity index is 465. The zero-order chi connectivity index (χ0) is 15.1. The van der Waals surface area contributed by atoms with Crippen LogP contribution in [-0.2, 0) is 11.3 Å². The molecule has 0 saturated carbocycles. The third kappa shape index (κ3) is 5.01. The summed E-state index contributed by atoms with van der Waals surface area (Å²) in [7, 11) is 0. The summed E-state index contributed by atoms with van der Waals surface area (Å²) < 4.78 is 5.76. The maximum Gasteiger partial charge on any atom is 0.317 e. The number of ether oxygens (including phenoxy) is 1. The first kappa shape index (κ1) is 15.8. The molecule has 1 aromatic heterocycles. The van der Waals surface area contributed by atoms with Crippen molar-refractivity contribution in [2.75, 3.05) is 19.7 Å². The van der Waals surface area contributed by atoms with Gasteiger partial charge in [-0.25, -0.2) is 4.79 Å². The van der Waals surface area contributed by atoms with Crippen LogP contribution in [0.1, 0.15) is 37.4 Å². The molecule has 5 nitrogen and oxygen atoms in total. The van der Waals surface area contributed by atoms with Gasteiger partial charge in [-0.15, -0.1) is 0 Å². The monoisotopic (exact) mass is 291 g/mol. The van der Waals surface area contributed by atoms with Gasteiger partial charge in [0.2, 0.25) is 0 Å². The molecule has 0 radical (unpaired) electrons. The lowest BCUT2D eigenvalue weighted by Crippen LogP contribution is -2.47. The fourth-order valence-electron chi connectivity index (χ4n) is 2.55. The van der Waals surface area contributed by atoms with Gasteiger partial charge in [0.1, 0.15) is 0 Å². The van der Waals surface area contributed by atoms with E-state index < -0.39 is 0 Å². The van der Waals surface area contributed by atoms with Gasteiger partial charge in [-0.05, 0) is 43.9 Å². The van der Waals surface area contributed by atoms with Crippen LogP contribution in [0.15, 0.2) is 18.3 Å². The lowest BCUT2D eigenvalue weighted by Gasteiger charge is -2.32. The second-order valence-corrected chi connectivity index (χ2v) is 5.55. The van der Waals surface area contributed by atoms with Crippen LogP contribution in [0.3, 0.4) is 0 Å². The molecule has 0 aliphatic carbocycles. The van der Waals surface area contributed by atoms with Crippen molar-refractivity contribution in [3.63, 3.8) is 0 Å². The van der Waals surface area contributed by atoms with Crippen LogP contribution < -0.4 is 5.32 Å². The number of carbonyl (C=O) groups is 1. The van der Waals surface area contributed by atoms with Crippen molar-refractivity contribution in [2.45, 2.75) is 45.8 Å². The highest BCUT2D eigenvalue weighted by Crippen LogP contribution is 2.13. The molecule has 21 heavy (non-hydrogen) atoms. The summed E-state index contributed by atoms with van der Waals surface area (Å²) in [6.07, 6.45) is 5.03. The molecule has 0 spiro atoms. The number of hydrogen-bond donors (Lipinski definition) is 1. The molecule has 2 amide bonds. The number of aromatic nitrogens is 1. The number of aryl methyl sites for hydroxylation is 1. The van der Waals surface area contributed by atoms with Gasteiger partial charge in [-0.2, -0.15) is 0 Å². The second kappa shape index (κ2) is 7.98. The number of likely N-dealkylation sites (tertiary alicyclic amines) is 1. The van der Waals surface area contributed by atoms with E-state index in [9.17, 15) is 4.79 Å². The van der Waals surface area contributed by atoms with Crippen LogP contribution in [0.25, 0.3) is 0 Å². The molecule has 1 atom stereocenters. The van der Waals surface area contributed by atoms with Crippen molar-refractivity contribution in [2.24, 2.45) is 0 Å². The number of hydrogen-bond acceptors (Lipinski definition) is 3. The average molecular weight is 291 g/mol. The Morgan fingerprint density at radius 3 is 3.19 bits per heavy atom. The summed E-state index contributed by atoms with van der Waals surface area (Å²) in [4.78, 5) is 18.2. The number of pyridine rings is 1. The average Bonchev–Trinajstić information content (AvgIpc) is 2.51.